The lowest BCUT2D eigenvalue weighted by Gasteiger charge is -2.29. The Morgan fingerprint density at radius 3 is 2.27 bits per heavy atom. The maximum absolute atomic E-state index is 12.1. The minimum atomic E-state index is -0.950. The van der Waals surface area contributed by atoms with Crippen LogP contribution >= 0.6 is 23.2 Å². The van der Waals surface area contributed by atoms with E-state index in [0.29, 0.717) is 16.6 Å². The van der Waals surface area contributed by atoms with Gasteiger partial charge in [-0.05, 0) is 79.1 Å². The van der Waals surface area contributed by atoms with Crippen LogP contribution in [-0.2, 0) is 25.9 Å². The van der Waals surface area contributed by atoms with Gasteiger partial charge in [0.2, 0.25) is 0 Å². The van der Waals surface area contributed by atoms with Crippen LogP contribution < -0.4 is 4.90 Å². The summed E-state index contributed by atoms with van der Waals surface area (Å²) in [6, 6.07) is 9.72. The van der Waals surface area contributed by atoms with E-state index in [9.17, 15) is 9.90 Å². The third-order valence-corrected chi connectivity index (χ3v) is 6.16. The number of halogens is 2. The molecule has 1 amide bonds. The number of carboxylic acid groups (broad SMARTS) is 1. The zero-order chi connectivity index (χ0) is 21.7. The summed E-state index contributed by atoms with van der Waals surface area (Å²) in [6.07, 6.45) is 4.65. The maximum atomic E-state index is 12.1. The Hall–Kier alpha value is -1.91. The van der Waals surface area contributed by atoms with Gasteiger partial charge >= 0.3 is 6.09 Å². The molecule has 2 aromatic carbocycles. The molecule has 0 aromatic heterocycles. The lowest BCUT2D eigenvalue weighted by molar-refractivity contribution is 0.139. The molecule has 6 heteroatoms. The van der Waals surface area contributed by atoms with Gasteiger partial charge in [-0.1, -0.05) is 42.6 Å². The number of amides is 1. The minimum absolute atomic E-state index is 0.243. The Morgan fingerprint density at radius 1 is 1.00 bits per heavy atom. The molecular weight excluding hydrogens is 419 g/mol. The number of hydrogen-bond donors (Lipinski definition) is 1. The molecule has 30 heavy (non-hydrogen) atoms. The van der Waals surface area contributed by atoms with Gasteiger partial charge in [0.05, 0.1) is 6.54 Å². The van der Waals surface area contributed by atoms with E-state index in [1.807, 2.05) is 0 Å². The van der Waals surface area contributed by atoms with Crippen LogP contribution in [0.3, 0.4) is 0 Å². The number of benzene rings is 2. The predicted octanol–water partition coefficient (Wildman–Crippen LogP) is 6.79. The minimum Gasteiger partial charge on any atom is -0.465 e. The number of unbranched alkanes of at least 4 members (excludes halogenated alkanes) is 1. The molecule has 0 bridgehead atoms. The molecule has 0 radical (unpaired) electrons. The first-order valence-corrected chi connectivity index (χ1v) is 11.5. The van der Waals surface area contributed by atoms with Crippen molar-refractivity contribution in [2.45, 2.75) is 59.0 Å². The van der Waals surface area contributed by atoms with Crippen molar-refractivity contribution in [2.75, 3.05) is 18.0 Å². The van der Waals surface area contributed by atoms with Gasteiger partial charge in [-0.25, -0.2) is 4.79 Å². The van der Waals surface area contributed by atoms with Crippen molar-refractivity contribution in [3.05, 3.63) is 62.6 Å². The molecule has 0 unspecified atom stereocenters. The molecule has 3 rings (SSSR count). The molecular formula is C24H30Cl2N2O2. The smallest absolute Gasteiger partial charge is 0.407 e. The van der Waals surface area contributed by atoms with E-state index < -0.39 is 6.09 Å². The SMILES string of the molecule is CCCCN(CC)c1cc2c(cc1CN(Cc1cc(Cl)cc(Cl)c1)C(=O)O)CCC2. The molecule has 1 aliphatic carbocycles. The summed E-state index contributed by atoms with van der Waals surface area (Å²) in [6.45, 7) is 6.83. The molecule has 0 spiro atoms. The second-order valence-electron chi connectivity index (χ2n) is 7.95. The average Bonchev–Trinajstić information content (AvgIpc) is 3.14. The molecule has 162 valence electrons. The first-order chi connectivity index (χ1) is 14.4. The summed E-state index contributed by atoms with van der Waals surface area (Å²) in [5.41, 5.74) is 5.80. The Balaban J connectivity index is 1.92. The van der Waals surface area contributed by atoms with Crippen LogP contribution in [0, 0.1) is 0 Å². The molecule has 0 saturated carbocycles. The van der Waals surface area contributed by atoms with E-state index in [2.05, 4.69) is 30.9 Å². The highest BCUT2D eigenvalue weighted by Crippen LogP contribution is 2.32. The molecule has 1 aliphatic rings. The zero-order valence-corrected chi connectivity index (χ0v) is 19.3. The summed E-state index contributed by atoms with van der Waals surface area (Å²) in [4.78, 5) is 15.9. The maximum Gasteiger partial charge on any atom is 0.407 e. The predicted molar refractivity (Wildman–Crippen MR) is 125 cm³/mol. The number of hydrogen-bond acceptors (Lipinski definition) is 2. The van der Waals surface area contributed by atoms with E-state index >= 15 is 0 Å². The summed E-state index contributed by atoms with van der Waals surface area (Å²) in [5.74, 6) is 0. The van der Waals surface area contributed by atoms with Crippen LogP contribution in [-0.4, -0.2) is 29.2 Å². The fourth-order valence-corrected chi connectivity index (χ4v) is 4.77. The van der Waals surface area contributed by atoms with Crippen LogP contribution in [0.4, 0.5) is 10.5 Å². The molecule has 0 atom stereocenters. The quantitative estimate of drug-likeness (QED) is 0.459. The average molecular weight is 449 g/mol. The van der Waals surface area contributed by atoms with Crippen molar-refractivity contribution in [3.63, 3.8) is 0 Å². The largest absolute Gasteiger partial charge is 0.465 e. The van der Waals surface area contributed by atoms with Gasteiger partial charge in [0.1, 0.15) is 0 Å². The van der Waals surface area contributed by atoms with Crippen molar-refractivity contribution >= 4 is 35.0 Å². The van der Waals surface area contributed by atoms with Gasteiger partial charge in [0, 0.05) is 35.4 Å². The Morgan fingerprint density at radius 2 is 1.67 bits per heavy atom. The number of nitrogens with zero attached hydrogens (tertiary/aromatic N) is 2. The van der Waals surface area contributed by atoms with Crippen molar-refractivity contribution in [1.29, 1.82) is 0 Å². The lowest BCUT2D eigenvalue weighted by atomic mass is 10.0. The van der Waals surface area contributed by atoms with E-state index in [1.54, 1.807) is 18.2 Å². The fraction of sp³-hybridized carbons (Fsp3) is 0.458. The van der Waals surface area contributed by atoms with Crippen LogP contribution in [0.2, 0.25) is 10.0 Å². The Kier molecular flexibility index (Phi) is 7.90. The molecule has 2 aromatic rings. The van der Waals surface area contributed by atoms with Gasteiger partial charge in [0.25, 0.3) is 0 Å². The van der Waals surface area contributed by atoms with Gasteiger partial charge in [0.15, 0.2) is 0 Å². The van der Waals surface area contributed by atoms with Crippen LogP contribution in [0.5, 0.6) is 0 Å². The van der Waals surface area contributed by atoms with E-state index in [1.165, 1.54) is 28.1 Å². The summed E-state index contributed by atoms with van der Waals surface area (Å²) < 4.78 is 0. The van der Waals surface area contributed by atoms with Crippen molar-refractivity contribution in [1.82, 2.24) is 4.90 Å². The number of fused-ring (bicyclic) bond motifs is 1. The summed E-state index contributed by atoms with van der Waals surface area (Å²) in [5, 5.41) is 10.9. The van der Waals surface area contributed by atoms with E-state index in [4.69, 9.17) is 23.2 Å². The molecule has 0 saturated heterocycles. The first kappa shape index (κ1) is 22.8. The highest BCUT2D eigenvalue weighted by Gasteiger charge is 2.21. The van der Waals surface area contributed by atoms with Gasteiger partial charge < -0.3 is 10.0 Å². The normalized spacial score (nSPS) is 12.7. The second-order valence-corrected chi connectivity index (χ2v) is 8.83. The monoisotopic (exact) mass is 448 g/mol. The Labute approximate surface area is 189 Å². The number of anilines is 1. The highest BCUT2D eigenvalue weighted by molar-refractivity contribution is 6.34. The Bertz CT molecular complexity index is 881. The van der Waals surface area contributed by atoms with E-state index in [-0.39, 0.29) is 6.54 Å². The molecule has 0 aliphatic heterocycles. The lowest BCUT2D eigenvalue weighted by Crippen LogP contribution is -2.31. The van der Waals surface area contributed by atoms with Crippen LogP contribution in [0.1, 0.15) is 55.4 Å². The van der Waals surface area contributed by atoms with E-state index in [0.717, 1.165) is 49.9 Å². The third kappa shape index (κ3) is 5.61. The number of aryl methyl sites for hydroxylation is 2. The third-order valence-electron chi connectivity index (χ3n) is 5.72. The van der Waals surface area contributed by atoms with Crippen molar-refractivity contribution in [2.24, 2.45) is 0 Å². The standard InChI is InChI=1S/C24H30Cl2N2O2/c1-3-5-9-27(4-2)23-13-19-8-6-7-18(19)12-20(23)16-28(24(29)30)15-17-10-21(25)14-22(26)11-17/h10-14H,3-9,15-16H2,1-2H3,(H,29,30). The van der Waals surface area contributed by atoms with Gasteiger partial charge in [-0.15, -0.1) is 0 Å². The zero-order valence-electron chi connectivity index (χ0n) is 17.8. The fourth-order valence-electron chi connectivity index (χ4n) is 4.20. The molecule has 0 fully saturated rings. The van der Waals surface area contributed by atoms with Gasteiger partial charge in [-0.2, -0.15) is 0 Å². The molecule has 0 heterocycles. The van der Waals surface area contributed by atoms with Crippen molar-refractivity contribution < 1.29 is 9.90 Å². The summed E-state index contributed by atoms with van der Waals surface area (Å²) in [7, 11) is 0. The topological polar surface area (TPSA) is 43.8 Å². The number of carbonyl (C=O) groups is 1. The van der Waals surface area contributed by atoms with Crippen molar-refractivity contribution in [3.8, 4) is 0 Å². The number of rotatable bonds is 9. The second kappa shape index (κ2) is 10.4. The molecule has 4 nitrogen and oxygen atoms in total. The first-order valence-electron chi connectivity index (χ1n) is 10.7. The van der Waals surface area contributed by atoms with Gasteiger partial charge in [-0.3, -0.25) is 4.90 Å². The summed E-state index contributed by atoms with van der Waals surface area (Å²) >= 11 is 12.2. The highest BCUT2D eigenvalue weighted by atomic mass is 35.5. The molecule has 1 N–H and O–H groups in total. The van der Waals surface area contributed by atoms with Crippen LogP contribution in [0.25, 0.3) is 0 Å². The van der Waals surface area contributed by atoms with Crippen LogP contribution in [0.15, 0.2) is 30.3 Å².